The fourth-order valence-electron chi connectivity index (χ4n) is 3.86. The maximum absolute atomic E-state index is 11.5. The van der Waals surface area contributed by atoms with Crippen LogP contribution in [0.15, 0.2) is 4.99 Å². The predicted octanol–water partition coefficient (Wildman–Crippen LogP) is 1.49. The van der Waals surface area contributed by atoms with Crippen LogP contribution < -0.4 is 10.6 Å². The molecule has 0 aromatic heterocycles. The number of hydrogen-bond acceptors (Lipinski definition) is 4. The van der Waals surface area contributed by atoms with E-state index < -0.39 is 9.84 Å². The summed E-state index contributed by atoms with van der Waals surface area (Å²) in [6.07, 6.45) is 5.20. The highest BCUT2D eigenvalue weighted by Crippen LogP contribution is 2.46. The zero-order chi connectivity index (χ0) is 18.3. The molecule has 0 spiro atoms. The van der Waals surface area contributed by atoms with Gasteiger partial charge in [-0.05, 0) is 37.5 Å². The summed E-state index contributed by atoms with van der Waals surface area (Å²) in [5.41, 5.74) is 0.414. The van der Waals surface area contributed by atoms with Gasteiger partial charge in [0.15, 0.2) is 15.8 Å². The Morgan fingerprint density at radius 2 is 1.88 bits per heavy atom. The Hall–Kier alpha value is -0.820. The second-order valence-electron chi connectivity index (χ2n) is 8.07. The van der Waals surface area contributed by atoms with Crippen LogP contribution >= 0.6 is 0 Å². The Kier molecular flexibility index (Phi) is 7.55. The molecule has 1 heterocycles. The van der Waals surface area contributed by atoms with Crippen molar-refractivity contribution in [2.45, 2.75) is 46.5 Å². The van der Waals surface area contributed by atoms with Crippen molar-refractivity contribution in [3.63, 3.8) is 0 Å². The number of nitrogens with one attached hydrogen (secondary N) is 2. The van der Waals surface area contributed by atoms with Gasteiger partial charge in [-0.3, -0.25) is 9.89 Å². The monoisotopic (exact) mass is 372 g/mol. The maximum Gasteiger partial charge on any atom is 0.191 e. The van der Waals surface area contributed by atoms with E-state index in [1.54, 1.807) is 0 Å². The molecule has 0 amide bonds. The number of nitrogens with zero attached hydrogens (tertiary/aromatic N) is 2. The summed E-state index contributed by atoms with van der Waals surface area (Å²) in [5.74, 6) is 2.20. The average molecular weight is 373 g/mol. The highest BCUT2D eigenvalue weighted by Gasteiger charge is 2.37. The fourth-order valence-corrected chi connectivity index (χ4v) is 5.14. The molecule has 0 atom stereocenters. The molecule has 0 aromatic rings. The Morgan fingerprint density at radius 3 is 2.40 bits per heavy atom. The molecular weight excluding hydrogens is 336 g/mol. The van der Waals surface area contributed by atoms with Gasteiger partial charge in [0.2, 0.25) is 0 Å². The Morgan fingerprint density at radius 1 is 1.20 bits per heavy atom. The van der Waals surface area contributed by atoms with Gasteiger partial charge in [-0.25, -0.2) is 8.42 Å². The molecule has 2 fully saturated rings. The molecular formula is C18H36N4O2S. The molecule has 2 N–H and O–H groups in total. The van der Waals surface area contributed by atoms with Crippen molar-refractivity contribution >= 4 is 15.8 Å². The van der Waals surface area contributed by atoms with E-state index in [2.05, 4.69) is 36.3 Å². The van der Waals surface area contributed by atoms with E-state index in [1.165, 1.54) is 25.7 Å². The van der Waals surface area contributed by atoms with E-state index in [4.69, 9.17) is 4.99 Å². The Balaban J connectivity index is 1.78. The molecule has 25 heavy (non-hydrogen) atoms. The molecule has 6 nitrogen and oxygen atoms in total. The van der Waals surface area contributed by atoms with Gasteiger partial charge in [-0.2, -0.15) is 0 Å². The lowest BCUT2D eigenvalue weighted by atomic mass is 9.64. The highest BCUT2D eigenvalue weighted by atomic mass is 32.2. The van der Waals surface area contributed by atoms with Gasteiger partial charge in [0.25, 0.3) is 0 Å². The summed E-state index contributed by atoms with van der Waals surface area (Å²) in [5, 5.41) is 6.74. The van der Waals surface area contributed by atoms with Crippen LogP contribution in [-0.2, 0) is 9.84 Å². The standard InChI is InChI=1S/C18H36N4O2S/c1-4-19-17(21-15-18(6-5-7-18)14-16(2)3)20-8-9-22-10-12-25(23,24)13-11-22/h16H,4-15H2,1-3H3,(H2,19,20,21). The molecule has 2 rings (SSSR count). The van der Waals surface area contributed by atoms with Gasteiger partial charge in [0.05, 0.1) is 11.5 Å². The lowest BCUT2D eigenvalue weighted by Crippen LogP contribution is -2.46. The second-order valence-corrected chi connectivity index (χ2v) is 10.4. The van der Waals surface area contributed by atoms with Crippen LogP contribution in [0.2, 0.25) is 0 Å². The first-order chi connectivity index (χ1) is 11.8. The summed E-state index contributed by atoms with van der Waals surface area (Å²) in [6, 6.07) is 0. The van der Waals surface area contributed by atoms with Crippen molar-refractivity contribution < 1.29 is 8.42 Å². The summed E-state index contributed by atoms with van der Waals surface area (Å²) in [4.78, 5) is 7.06. The Bertz CT molecular complexity index is 527. The van der Waals surface area contributed by atoms with Gasteiger partial charge in [0, 0.05) is 39.3 Å². The van der Waals surface area contributed by atoms with Crippen LogP contribution in [0, 0.1) is 11.3 Å². The third-order valence-corrected chi connectivity index (χ3v) is 6.94. The first-order valence-corrected chi connectivity index (χ1v) is 11.6. The lowest BCUT2D eigenvalue weighted by molar-refractivity contribution is 0.111. The number of hydrogen-bond donors (Lipinski definition) is 2. The average Bonchev–Trinajstić information content (AvgIpc) is 2.51. The van der Waals surface area contributed by atoms with E-state index in [1.807, 2.05) is 0 Å². The van der Waals surface area contributed by atoms with E-state index in [0.29, 0.717) is 30.0 Å². The third-order valence-electron chi connectivity index (χ3n) is 5.33. The second kappa shape index (κ2) is 9.21. The quantitative estimate of drug-likeness (QED) is 0.499. The van der Waals surface area contributed by atoms with Gasteiger partial charge in [0.1, 0.15) is 0 Å². The number of sulfone groups is 1. The van der Waals surface area contributed by atoms with Crippen LogP contribution in [-0.4, -0.2) is 70.1 Å². The molecule has 1 saturated carbocycles. The first-order valence-electron chi connectivity index (χ1n) is 9.79. The van der Waals surface area contributed by atoms with Crippen LogP contribution in [0.3, 0.4) is 0 Å². The molecule has 2 aliphatic rings. The van der Waals surface area contributed by atoms with Gasteiger partial charge in [-0.15, -0.1) is 0 Å². The van der Waals surface area contributed by atoms with Crippen LogP contribution in [0.5, 0.6) is 0 Å². The SMILES string of the molecule is CCNC(=NCC1(CC(C)C)CCC1)NCCN1CCS(=O)(=O)CC1. The largest absolute Gasteiger partial charge is 0.357 e. The summed E-state index contributed by atoms with van der Waals surface area (Å²) >= 11 is 0. The summed E-state index contributed by atoms with van der Waals surface area (Å²) in [7, 11) is -2.80. The molecule has 7 heteroatoms. The van der Waals surface area contributed by atoms with Crippen molar-refractivity contribution in [1.82, 2.24) is 15.5 Å². The zero-order valence-electron chi connectivity index (χ0n) is 16.2. The highest BCUT2D eigenvalue weighted by molar-refractivity contribution is 7.91. The van der Waals surface area contributed by atoms with E-state index in [9.17, 15) is 8.42 Å². The molecule has 1 saturated heterocycles. The molecule has 0 aromatic carbocycles. The van der Waals surface area contributed by atoms with E-state index in [-0.39, 0.29) is 0 Å². The van der Waals surface area contributed by atoms with Gasteiger partial charge < -0.3 is 10.6 Å². The first kappa shape index (κ1) is 20.5. The van der Waals surface area contributed by atoms with E-state index in [0.717, 1.165) is 38.1 Å². The summed E-state index contributed by atoms with van der Waals surface area (Å²) in [6.45, 7) is 11.4. The molecule has 146 valence electrons. The Labute approximate surface area is 153 Å². The van der Waals surface area contributed by atoms with Crippen molar-refractivity contribution in [2.24, 2.45) is 16.3 Å². The normalized spacial score (nSPS) is 23.3. The number of guanidine groups is 1. The molecule has 0 unspecified atom stereocenters. The van der Waals surface area contributed by atoms with Gasteiger partial charge in [-0.1, -0.05) is 20.3 Å². The molecule has 1 aliphatic carbocycles. The smallest absolute Gasteiger partial charge is 0.191 e. The van der Waals surface area contributed by atoms with E-state index >= 15 is 0 Å². The van der Waals surface area contributed by atoms with Crippen molar-refractivity contribution in [3.05, 3.63) is 0 Å². The summed E-state index contributed by atoms with van der Waals surface area (Å²) < 4.78 is 23.0. The van der Waals surface area contributed by atoms with Gasteiger partial charge >= 0.3 is 0 Å². The minimum Gasteiger partial charge on any atom is -0.357 e. The zero-order valence-corrected chi connectivity index (χ0v) is 17.0. The minimum absolute atomic E-state index is 0.291. The van der Waals surface area contributed by atoms with Crippen LogP contribution in [0.25, 0.3) is 0 Å². The van der Waals surface area contributed by atoms with Crippen molar-refractivity contribution in [2.75, 3.05) is 50.8 Å². The maximum atomic E-state index is 11.5. The molecule has 0 bridgehead atoms. The third kappa shape index (κ3) is 6.77. The number of rotatable bonds is 8. The lowest BCUT2D eigenvalue weighted by Gasteiger charge is -2.42. The van der Waals surface area contributed by atoms with Crippen molar-refractivity contribution in [1.29, 1.82) is 0 Å². The fraction of sp³-hybridized carbons (Fsp3) is 0.944. The predicted molar refractivity (Wildman–Crippen MR) is 105 cm³/mol. The van der Waals surface area contributed by atoms with Crippen LogP contribution in [0.1, 0.15) is 46.5 Å². The van der Waals surface area contributed by atoms with Crippen LogP contribution in [0.4, 0.5) is 0 Å². The molecule has 1 aliphatic heterocycles. The van der Waals surface area contributed by atoms with Crippen molar-refractivity contribution in [3.8, 4) is 0 Å². The number of aliphatic imine (C=N–C) groups is 1. The molecule has 0 radical (unpaired) electrons. The minimum atomic E-state index is -2.80. The topological polar surface area (TPSA) is 73.8 Å².